The molecule has 1 aromatic heterocycles. The number of benzene rings is 2. The fourth-order valence-electron chi connectivity index (χ4n) is 4.38. The lowest BCUT2D eigenvalue weighted by molar-refractivity contribution is 0.267. The van der Waals surface area contributed by atoms with Gasteiger partial charge in [-0.2, -0.15) is 0 Å². The van der Waals surface area contributed by atoms with Crippen molar-refractivity contribution in [2.45, 2.75) is 26.3 Å². The van der Waals surface area contributed by atoms with Crippen molar-refractivity contribution in [1.82, 2.24) is 14.8 Å². The summed E-state index contributed by atoms with van der Waals surface area (Å²) < 4.78 is 26.1. The van der Waals surface area contributed by atoms with Crippen LogP contribution in [0.25, 0.3) is 22.0 Å². The molecular formula is C26H32FN3O3. The topological polar surface area (TPSA) is 57.8 Å². The maximum Gasteiger partial charge on any atom is 0.200 e. The molecule has 7 heteroatoms. The zero-order valence-corrected chi connectivity index (χ0v) is 19.6. The summed E-state index contributed by atoms with van der Waals surface area (Å²) >= 11 is 0. The summed E-state index contributed by atoms with van der Waals surface area (Å²) in [5.41, 5.74) is 2.10. The predicted octanol–water partition coefficient (Wildman–Crippen LogP) is 4.27. The Morgan fingerprint density at radius 1 is 1.06 bits per heavy atom. The fraction of sp³-hybridized carbons (Fsp3) is 0.423. The van der Waals surface area contributed by atoms with Gasteiger partial charge >= 0.3 is 0 Å². The molecule has 0 spiro atoms. The number of fused-ring (bicyclic) bond motifs is 1. The lowest BCUT2D eigenvalue weighted by Crippen LogP contribution is -2.30. The van der Waals surface area contributed by atoms with E-state index < -0.39 is 5.82 Å². The molecule has 1 saturated heterocycles. The van der Waals surface area contributed by atoms with E-state index in [2.05, 4.69) is 21.8 Å². The number of methoxy groups -OCH3 is 1. The number of hydrogen-bond acceptors (Lipinski definition) is 5. The van der Waals surface area contributed by atoms with Gasteiger partial charge in [-0.25, -0.2) is 4.39 Å². The Hall–Kier alpha value is -2.90. The molecule has 0 saturated carbocycles. The summed E-state index contributed by atoms with van der Waals surface area (Å²) in [6, 6.07) is 10.3. The predicted molar refractivity (Wildman–Crippen MR) is 130 cm³/mol. The molecule has 0 radical (unpaired) electrons. The number of H-pyrrole nitrogens is 1. The Balaban J connectivity index is 1.88. The highest BCUT2D eigenvalue weighted by Gasteiger charge is 2.22. The average Bonchev–Trinajstić information content (AvgIpc) is 3.02. The Labute approximate surface area is 193 Å². The van der Waals surface area contributed by atoms with E-state index in [1.807, 2.05) is 31.2 Å². The van der Waals surface area contributed by atoms with Crippen LogP contribution in [0.2, 0.25) is 0 Å². The molecule has 0 aliphatic carbocycles. The molecule has 0 atom stereocenters. The highest BCUT2D eigenvalue weighted by atomic mass is 19.1. The quantitative estimate of drug-likeness (QED) is 0.579. The third-order valence-corrected chi connectivity index (χ3v) is 6.18. The van der Waals surface area contributed by atoms with Crippen LogP contribution in [-0.4, -0.2) is 61.7 Å². The van der Waals surface area contributed by atoms with Crippen molar-refractivity contribution in [3.05, 3.63) is 58.1 Å². The molecular weight excluding hydrogens is 421 g/mol. The van der Waals surface area contributed by atoms with Crippen LogP contribution in [0.4, 0.5) is 4.39 Å². The smallest absolute Gasteiger partial charge is 0.200 e. The summed E-state index contributed by atoms with van der Waals surface area (Å²) in [4.78, 5) is 21.8. The Morgan fingerprint density at radius 3 is 2.58 bits per heavy atom. The molecule has 176 valence electrons. The van der Waals surface area contributed by atoms with Gasteiger partial charge in [-0.3, -0.25) is 9.69 Å². The van der Waals surface area contributed by atoms with E-state index in [9.17, 15) is 9.18 Å². The first kappa shape index (κ1) is 23.3. The number of pyridine rings is 1. The Kier molecular flexibility index (Phi) is 7.30. The first-order chi connectivity index (χ1) is 16.0. The second-order valence-corrected chi connectivity index (χ2v) is 8.61. The summed E-state index contributed by atoms with van der Waals surface area (Å²) in [7, 11) is 3.73. The van der Waals surface area contributed by atoms with Gasteiger partial charge in [-0.05, 0) is 62.8 Å². The van der Waals surface area contributed by atoms with Gasteiger partial charge in [-0.15, -0.1) is 0 Å². The molecule has 1 fully saturated rings. The molecule has 0 bridgehead atoms. The van der Waals surface area contributed by atoms with Crippen LogP contribution >= 0.6 is 0 Å². The van der Waals surface area contributed by atoms with Crippen molar-refractivity contribution >= 4 is 10.9 Å². The first-order valence-corrected chi connectivity index (χ1v) is 11.6. The summed E-state index contributed by atoms with van der Waals surface area (Å²) in [5.74, 6) is 0.658. The third-order valence-electron chi connectivity index (χ3n) is 6.18. The fourth-order valence-corrected chi connectivity index (χ4v) is 4.38. The van der Waals surface area contributed by atoms with Crippen LogP contribution in [0, 0.1) is 5.82 Å². The molecule has 0 unspecified atom stereocenters. The average molecular weight is 454 g/mol. The largest absolute Gasteiger partial charge is 0.497 e. The van der Waals surface area contributed by atoms with Gasteiger partial charge in [-0.1, -0.05) is 19.1 Å². The van der Waals surface area contributed by atoms with E-state index >= 15 is 0 Å². The molecule has 3 aromatic rings. The number of rotatable bonds is 7. The minimum atomic E-state index is -0.548. The lowest BCUT2D eigenvalue weighted by atomic mass is 9.99. The molecule has 1 aliphatic heterocycles. The maximum atomic E-state index is 14.9. The molecule has 1 aliphatic rings. The number of ether oxygens (including phenoxy) is 2. The molecule has 2 aromatic carbocycles. The second-order valence-electron chi connectivity index (χ2n) is 8.61. The number of hydrogen-bond donors (Lipinski definition) is 1. The van der Waals surface area contributed by atoms with Crippen LogP contribution in [0.1, 0.15) is 25.5 Å². The Bertz CT molecular complexity index is 1160. The third kappa shape index (κ3) is 5.04. The number of aromatic nitrogens is 1. The van der Waals surface area contributed by atoms with E-state index in [0.29, 0.717) is 35.7 Å². The van der Waals surface area contributed by atoms with E-state index in [1.54, 1.807) is 13.2 Å². The van der Waals surface area contributed by atoms with Crippen molar-refractivity contribution in [2.24, 2.45) is 0 Å². The van der Waals surface area contributed by atoms with Crippen LogP contribution in [0.3, 0.4) is 0 Å². The molecule has 2 heterocycles. The summed E-state index contributed by atoms with van der Waals surface area (Å²) in [5, 5.41) is 0.0359. The first-order valence-electron chi connectivity index (χ1n) is 11.6. The standard InChI is InChI=1S/C26H32FN3O3/c1-4-16-33-22-11-10-20(27)24-25(22)28-21(17-30-13-5-12-29(2)14-15-30)23(26(24)31)18-6-8-19(32-3)9-7-18/h6-11H,4-5,12-17H2,1-3H3,(H,28,31). The number of nitrogens with zero attached hydrogens (tertiary/aromatic N) is 2. The highest BCUT2D eigenvalue weighted by molar-refractivity contribution is 5.89. The minimum absolute atomic E-state index is 0.0359. The van der Waals surface area contributed by atoms with Gasteiger partial charge in [0.25, 0.3) is 0 Å². The van der Waals surface area contributed by atoms with Crippen LogP contribution in [0.15, 0.2) is 41.2 Å². The zero-order valence-electron chi connectivity index (χ0n) is 19.6. The maximum absolute atomic E-state index is 14.9. The van der Waals surface area contributed by atoms with Crippen molar-refractivity contribution in [2.75, 3.05) is 46.9 Å². The van der Waals surface area contributed by atoms with Gasteiger partial charge in [0, 0.05) is 25.3 Å². The zero-order chi connectivity index (χ0) is 23.4. The van der Waals surface area contributed by atoms with Crippen LogP contribution in [-0.2, 0) is 6.54 Å². The number of likely N-dealkylation sites (N-methyl/N-ethyl adjacent to an activating group) is 1. The van der Waals surface area contributed by atoms with Gasteiger partial charge in [0.2, 0.25) is 5.43 Å². The number of nitrogens with one attached hydrogen (secondary N) is 1. The van der Waals surface area contributed by atoms with Gasteiger partial charge in [0.15, 0.2) is 0 Å². The SMILES string of the molecule is CCCOc1ccc(F)c2c(=O)c(-c3ccc(OC)cc3)c(CN3CCCN(C)CC3)[nH]c12. The van der Waals surface area contributed by atoms with Crippen molar-refractivity contribution in [1.29, 1.82) is 0 Å². The van der Waals surface area contributed by atoms with E-state index in [-0.39, 0.29) is 10.8 Å². The number of halogens is 1. The van der Waals surface area contributed by atoms with Gasteiger partial charge < -0.3 is 19.4 Å². The van der Waals surface area contributed by atoms with Crippen LogP contribution in [0.5, 0.6) is 11.5 Å². The minimum Gasteiger partial charge on any atom is -0.497 e. The van der Waals surface area contributed by atoms with Crippen LogP contribution < -0.4 is 14.9 Å². The summed E-state index contributed by atoms with van der Waals surface area (Å²) in [6.45, 7) is 6.94. The second kappa shape index (κ2) is 10.4. The number of aromatic amines is 1. The molecule has 0 amide bonds. The van der Waals surface area contributed by atoms with Crippen molar-refractivity contribution in [3.63, 3.8) is 0 Å². The molecule has 33 heavy (non-hydrogen) atoms. The molecule has 6 nitrogen and oxygen atoms in total. The van der Waals surface area contributed by atoms with E-state index in [1.165, 1.54) is 6.07 Å². The van der Waals surface area contributed by atoms with Gasteiger partial charge in [0.1, 0.15) is 17.3 Å². The monoisotopic (exact) mass is 453 g/mol. The molecule has 4 rings (SSSR count). The van der Waals surface area contributed by atoms with Crippen molar-refractivity contribution < 1.29 is 13.9 Å². The van der Waals surface area contributed by atoms with Gasteiger partial charge in [0.05, 0.1) is 30.2 Å². The van der Waals surface area contributed by atoms with E-state index in [0.717, 1.165) is 50.3 Å². The summed E-state index contributed by atoms with van der Waals surface area (Å²) in [6.07, 6.45) is 1.88. The highest BCUT2D eigenvalue weighted by Crippen LogP contribution is 2.30. The van der Waals surface area contributed by atoms with Crippen molar-refractivity contribution in [3.8, 4) is 22.6 Å². The Morgan fingerprint density at radius 2 is 1.85 bits per heavy atom. The lowest BCUT2D eigenvalue weighted by Gasteiger charge is -2.22. The molecule has 1 N–H and O–H groups in total. The van der Waals surface area contributed by atoms with E-state index in [4.69, 9.17) is 9.47 Å². The normalized spacial score (nSPS) is 15.5.